The number of halogens is 1. The Morgan fingerprint density at radius 2 is 1.29 bits per heavy atom. The zero-order valence-corrected chi connectivity index (χ0v) is 49.9. The maximum absolute atomic E-state index is 12.3. The maximum Gasteiger partial charge on any atom is 0.410 e. The molecule has 0 bridgehead atoms. The average molecular weight is 1140 g/mol. The minimum atomic E-state index is -3.72. The second-order valence-corrected chi connectivity index (χ2v) is 25.2. The molecule has 0 spiro atoms. The normalized spacial score (nSPS) is 15.2. The molecule has 430 valence electrons. The summed E-state index contributed by atoms with van der Waals surface area (Å²) in [6, 6.07) is 16.4. The van der Waals surface area contributed by atoms with E-state index in [0.29, 0.717) is 53.6 Å². The van der Waals surface area contributed by atoms with Gasteiger partial charge in [-0.1, -0.05) is 65.8 Å². The molecule has 0 saturated carbocycles. The molecular weight excluding hydrogens is 1060 g/mol. The van der Waals surface area contributed by atoms with E-state index in [9.17, 15) is 23.7 Å². The first-order valence-corrected chi connectivity index (χ1v) is 27.8. The zero-order valence-electron chi connectivity index (χ0n) is 48.3. The number of nitrogens with zero attached hydrogens (tertiary/aromatic N) is 13. The van der Waals surface area contributed by atoms with Gasteiger partial charge in [-0.3, -0.25) is 10.2 Å². The minimum Gasteiger partial charge on any atom is -0.444 e. The number of carbonyl (C=O) groups excluding carboxylic acids is 1. The van der Waals surface area contributed by atoms with Crippen molar-refractivity contribution in [3.05, 3.63) is 71.3 Å². The van der Waals surface area contributed by atoms with E-state index < -0.39 is 15.4 Å². The van der Waals surface area contributed by atoms with Crippen molar-refractivity contribution in [3.63, 3.8) is 0 Å². The van der Waals surface area contributed by atoms with Crippen LogP contribution in [0.3, 0.4) is 0 Å². The van der Waals surface area contributed by atoms with Gasteiger partial charge in [0.05, 0.1) is 0 Å². The number of hydrogen-bond acceptors (Lipinski definition) is 21. The number of hydrogen-bond donors (Lipinski definition) is 7. The van der Waals surface area contributed by atoms with Crippen molar-refractivity contribution in [3.8, 4) is 34.9 Å². The molecule has 2 atom stereocenters. The molecule has 6 heterocycles. The van der Waals surface area contributed by atoms with Crippen LogP contribution in [0.2, 0.25) is 0 Å². The topological polar surface area (TPSA) is 327 Å². The number of nitrogens with two attached hydrogens (primary N) is 1. The molecule has 0 radical (unpaired) electrons. The van der Waals surface area contributed by atoms with Gasteiger partial charge in [-0.25, -0.2) is 23.2 Å². The maximum atomic E-state index is 12.3. The van der Waals surface area contributed by atoms with Crippen molar-refractivity contribution >= 4 is 68.9 Å². The van der Waals surface area contributed by atoms with Crippen LogP contribution >= 0.6 is 12.4 Å². The summed E-state index contributed by atoms with van der Waals surface area (Å²) in [6.45, 7) is 26.6. The van der Waals surface area contributed by atoms with E-state index in [4.69, 9.17) is 20.4 Å². The number of aromatic nitrogens is 10. The number of amides is 1. The molecule has 0 unspecified atom stereocenters. The lowest BCUT2D eigenvalue weighted by Gasteiger charge is -2.29. The number of carbonyl (C=O) groups is 1. The highest BCUT2D eigenvalue weighted by Gasteiger charge is 2.29. The highest BCUT2D eigenvalue weighted by Crippen LogP contribution is 2.34. The lowest BCUT2D eigenvalue weighted by atomic mass is 9.96. The second kappa shape index (κ2) is 26.5. The van der Waals surface area contributed by atoms with Crippen LogP contribution in [0.25, 0.3) is 22.8 Å². The number of rotatable bonds is 13. The van der Waals surface area contributed by atoms with Crippen molar-refractivity contribution in [1.29, 1.82) is 10.5 Å². The molecule has 2 fully saturated rings. The lowest BCUT2D eigenvalue weighted by molar-refractivity contribution is 0.0292. The molecule has 1 amide bonds. The molecule has 4 aromatic heterocycles. The quantitative estimate of drug-likeness (QED) is 0.0540. The molecule has 8 N–H and O–H groups in total. The molecule has 24 nitrogen and oxygen atoms in total. The number of anilines is 7. The fourth-order valence-corrected chi connectivity index (χ4v) is 9.12. The smallest absolute Gasteiger partial charge is 0.410 e. The molecule has 80 heavy (non-hydrogen) atoms. The van der Waals surface area contributed by atoms with E-state index in [0.717, 1.165) is 73.2 Å². The third-order valence-electron chi connectivity index (χ3n) is 12.1. The fraction of sp³-hybridized carbons (Fsp3) is 0.500. The Bertz CT molecular complexity index is 3250. The van der Waals surface area contributed by atoms with E-state index in [1.807, 2.05) is 104 Å². The summed E-state index contributed by atoms with van der Waals surface area (Å²) in [7, 11) is 0.0274. The Morgan fingerprint density at radius 3 is 1.69 bits per heavy atom. The Hall–Kier alpha value is -7.71. The van der Waals surface area contributed by atoms with Gasteiger partial charge in [0.1, 0.15) is 41.5 Å². The van der Waals surface area contributed by atoms with Crippen molar-refractivity contribution in [1.82, 2.24) is 60.5 Å². The molecule has 8 rings (SSSR count). The lowest BCUT2D eigenvalue weighted by Crippen LogP contribution is -2.36. The first-order chi connectivity index (χ1) is 37.0. The van der Waals surface area contributed by atoms with Crippen molar-refractivity contribution in [2.45, 2.75) is 112 Å². The Balaban J connectivity index is 0.000000239. The number of ether oxygens (including phenoxy) is 1. The number of sulfone groups is 1. The molecule has 2 aliphatic heterocycles. The largest absolute Gasteiger partial charge is 0.444 e. The third kappa shape index (κ3) is 17.9. The molecule has 26 heteroatoms. The molecular formula is C54H77ClN20O4S. The van der Waals surface area contributed by atoms with Gasteiger partial charge < -0.3 is 46.4 Å². The fourth-order valence-electron chi connectivity index (χ4n) is 8.61. The van der Waals surface area contributed by atoms with Crippen molar-refractivity contribution in [2.75, 3.05) is 85.4 Å². The summed E-state index contributed by atoms with van der Waals surface area (Å²) in [5.41, 5.74) is 10.8. The van der Waals surface area contributed by atoms with Gasteiger partial charge in [0, 0.05) is 87.7 Å². The van der Waals surface area contributed by atoms with E-state index in [2.05, 4.69) is 94.5 Å². The molecule has 6 aromatic rings. The van der Waals surface area contributed by atoms with E-state index in [1.165, 1.54) is 12.7 Å². The van der Waals surface area contributed by atoms with E-state index in [1.54, 1.807) is 16.8 Å². The molecule has 2 aromatic carbocycles. The highest BCUT2D eigenvalue weighted by atomic mass is 35.5. The summed E-state index contributed by atoms with van der Waals surface area (Å²) in [5, 5.41) is 46.5. The number of benzene rings is 2. The van der Waals surface area contributed by atoms with Gasteiger partial charge in [0.2, 0.25) is 15.8 Å². The number of nitriles is 2. The summed E-state index contributed by atoms with van der Waals surface area (Å²) in [6.07, 6.45) is 5.56. The van der Waals surface area contributed by atoms with Gasteiger partial charge in [-0.05, 0) is 88.1 Å². The van der Waals surface area contributed by atoms with Gasteiger partial charge in [0.15, 0.2) is 34.9 Å². The number of H-pyrrole nitrogens is 2. The van der Waals surface area contributed by atoms with Crippen molar-refractivity contribution in [2.24, 2.45) is 16.6 Å². The van der Waals surface area contributed by atoms with Gasteiger partial charge >= 0.3 is 6.09 Å². The average Bonchev–Trinajstić information content (AvgIpc) is 4.23. The van der Waals surface area contributed by atoms with Crippen LogP contribution in [-0.2, 0) is 14.6 Å². The van der Waals surface area contributed by atoms with Crippen LogP contribution in [0.5, 0.6) is 0 Å². The third-order valence-corrected chi connectivity index (χ3v) is 12.9. The van der Waals surface area contributed by atoms with Crippen LogP contribution in [0, 0.1) is 47.3 Å². The van der Waals surface area contributed by atoms with Crippen LogP contribution in [-0.4, -0.2) is 147 Å². The van der Waals surface area contributed by atoms with Crippen LogP contribution in [0.15, 0.2) is 54.2 Å². The Morgan fingerprint density at radius 1 is 0.787 bits per heavy atom. The van der Waals surface area contributed by atoms with Crippen molar-refractivity contribution < 1.29 is 17.9 Å². The molecule has 0 aliphatic carbocycles. The molecule has 2 saturated heterocycles. The van der Waals surface area contributed by atoms with Crippen LogP contribution in [0.1, 0.15) is 97.4 Å². The SMILES string of the molecule is CC(C)(C)OC(=O)N1CC[C@@H](N)C1.Cc1ccc(-c2ncn[nH]2)cc1Nc1nc(N[C@@H]2CCNC2)nc(N(C)CC(C)(C)C)c1C#N.Cc1ccc(-c2ncn[nH]2)cc1Nc1nc(S(C)(=O)=O)nc(N(C)CC(C)(C)C)c1C#N.Cl. The first-order valence-electron chi connectivity index (χ1n) is 25.9. The predicted molar refractivity (Wildman–Crippen MR) is 314 cm³/mol. The predicted octanol–water partition coefficient (Wildman–Crippen LogP) is 7.89. The summed E-state index contributed by atoms with van der Waals surface area (Å²) in [5.74, 6) is 3.22. The van der Waals surface area contributed by atoms with Crippen LogP contribution in [0.4, 0.5) is 45.4 Å². The van der Waals surface area contributed by atoms with E-state index >= 15 is 0 Å². The molecule has 2 aliphatic rings. The minimum absolute atomic E-state index is 0. The standard InChI is InChI=1S/C24H32N10.C21H26N8O2S.C9H18N2O2.ClH/c1-15-6-7-16(20-27-14-28-33-20)10-19(15)30-21-18(11-25)22(34(5)13-24(2,3)4)32-23(31-21)29-17-8-9-26-12-17;1-13-7-8-14(17-23-12-24-28-17)9-16(13)25-18-15(10-22)19(29(5)11-21(2,3)4)27-20(26-18)32(6,30)31;1-9(2,3)13-8(12)11-5-4-7(10)6-11;/h6-7,10,14,17,26H,8-9,12-13H2,1-5H3,(H,27,28,33)(H2,29,30,31,32);7-9,12H,11H2,1-6H3,(H,23,24,28)(H,25,26,27);7H,4-6,10H2,1-3H3;1H/t17-;;7-;/m1.1./s1. The summed E-state index contributed by atoms with van der Waals surface area (Å²) in [4.78, 5) is 43.2. The van der Waals surface area contributed by atoms with Crippen LogP contribution < -0.4 is 36.8 Å². The Labute approximate surface area is 475 Å². The van der Waals surface area contributed by atoms with E-state index in [-0.39, 0.29) is 63.8 Å². The van der Waals surface area contributed by atoms with Gasteiger partial charge in [0.25, 0.3) is 5.16 Å². The first kappa shape index (κ1) is 63.1. The van der Waals surface area contributed by atoms with Gasteiger partial charge in [-0.2, -0.15) is 40.7 Å². The summed E-state index contributed by atoms with van der Waals surface area (Å²) < 4.78 is 29.8. The zero-order chi connectivity index (χ0) is 58.0. The highest BCUT2D eigenvalue weighted by molar-refractivity contribution is 7.90. The number of aryl methyl sites for hydroxylation is 2. The summed E-state index contributed by atoms with van der Waals surface area (Å²) >= 11 is 0. The number of nitrogens with one attached hydrogen (secondary N) is 6. The number of likely N-dealkylation sites (tertiary alicyclic amines) is 1. The monoisotopic (exact) mass is 1140 g/mol. The Kier molecular flexibility index (Phi) is 20.9. The number of aromatic amines is 2. The van der Waals surface area contributed by atoms with Gasteiger partial charge in [-0.15, -0.1) is 12.4 Å². The second-order valence-electron chi connectivity index (χ2n) is 23.3.